The highest BCUT2D eigenvalue weighted by Gasteiger charge is 2.15. The summed E-state index contributed by atoms with van der Waals surface area (Å²) in [5, 5.41) is 9.42. The molecule has 0 bridgehead atoms. The predicted octanol–water partition coefficient (Wildman–Crippen LogP) is 3.35. The average Bonchev–Trinajstić information content (AvgIpc) is 2.30. The first-order valence-corrected chi connectivity index (χ1v) is 6.78. The molecule has 1 aromatic rings. The SMILES string of the molecule is CC(O)c1ccc(C2CCSCC2)cc1. The van der Waals surface area contributed by atoms with E-state index in [2.05, 4.69) is 36.0 Å². The van der Waals surface area contributed by atoms with Gasteiger partial charge in [0, 0.05) is 0 Å². The number of thioether (sulfide) groups is 1. The van der Waals surface area contributed by atoms with E-state index in [9.17, 15) is 5.11 Å². The molecular weight excluding hydrogens is 204 g/mol. The lowest BCUT2D eigenvalue weighted by atomic mass is 9.92. The van der Waals surface area contributed by atoms with Crippen molar-refractivity contribution in [2.75, 3.05) is 11.5 Å². The summed E-state index contributed by atoms with van der Waals surface area (Å²) in [7, 11) is 0. The maximum Gasteiger partial charge on any atom is 0.0761 e. The van der Waals surface area contributed by atoms with Crippen molar-refractivity contribution in [1.29, 1.82) is 0 Å². The fourth-order valence-corrected chi connectivity index (χ4v) is 3.18. The number of hydrogen-bond donors (Lipinski definition) is 1. The quantitative estimate of drug-likeness (QED) is 0.828. The fraction of sp³-hybridized carbons (Fsp3) is 0.538. The van der Waals surface area contributed by atoms with Crippen LogP contribution in [0.4, 0.5) is 0 Å². The second kappa shape index (κ2) is 5.04. The Balaban J connectivity index is 2.08. The number of rotatable bonds is 2. The summed E-state index contributed by atoms with van der Waals surface area (Å²) >= 11 is 2.06. The third-order valence-electron chi connectivity index (χ3n) is 3.11. The van der Waals surface area contributed by atoms with Gasteiger partial charge in [-0.3, -0.25) is 0 Å². The van der Waals surface area contributed by atoms with Crippen LogP contribution in [-0.2, 0) is 0 Å². The molecule has 0 radical (unpaired) electrons. The van der Waals surface area contributed by atoms with Crippen molar-refractivity contribution in [2.24, 2.45) is 0 Å². The number of benzene rings is 1. The molecule has 1 N–H and O–H groups in total. The van der Waals surface area contributed by atoms with E-state index in [-0.39, 0.29) is 6.10 Å². The van der Waals surface area contributed by atoms with Gasteiger partial charge >= 0.3 is 0 Å². The molecule has 1 aromatic carbocycles. The highest BCUT2D eigenvalue weighted by molar-refractivity contribution is 7.99. The molecule has 0 amide bonds. The van der Waals surface area contributed by atoms with Crippen LogP contribution < -0.4 is 0 Å². The minimum absolute atomic E-state index is 0.346. The molecule has 15 heavy (non-hydrogen) atoms. The summed E-state index contributed by atoms with van der Waals surface area (Å²) < 4.78 is 0. The van der Waals surface area contributed by atoms with Gasteiger partial charge in [0.25, 0.3) is 0 Å². The minimum Gasteiger partial charge on any atom is -0.389 e. The van der Waals surface area contributed by atoms with Crippen LogP contribution in [0.1, 0.15) is 42.9 Å². The summed E-state index contributed by atoms with van der Waals surface area (Å²) in [6, 6.07) is 8.48. The Labute approximate surface area is 95.9 Å². The van der Waals surface area contributed by atoms with Gasteiger partial charge in [0.1, 0.15) is 0 Å². The Morgan fingerprint density at radius 2 is 1.80 bits per heavy atom. The molecule has 1 nitrogen and oxygen atoms in total. The molecule has 0 saturated carbocycles. The van der Waals surface area contributed by atoms with E-state index in [0.717, 1.165) is 11.5 Å². The molecule has 1 unspecified atom stereocenters. The standard InChI is InChI=1S/C13H18OS/c1-10(14)11-2-4-12(5-3-11)13-6-8-15-9-7-13/h2-5,10,13-14H,6-9H2,1H3. The molecule has 0 aliphatic carbocycles. The van der Waals surface area contributed by atoms with Gasteiger partial charge in [-0.15, -0.1) is 0 Å². The maximum atomic E-state index is 9.42. The van der Waals surface area contributed by atoms with Crippen LogP contribution in [0.5, 0.6) is 0 Å². The van der Waals surface area contributed by atoms with E-state index in [0.29, 0.717) is 0 Å². The van der Waals surface area contributed by atoms with E-state index in [1.165, 1.54) is 29.9 Å². The molecule has 1 aliphatic heterocycles. The van der Waals surface area contributed by atoms with Gasteiger partial charge in [-0.1, -0.05) is 24.3 Å². The monoisotopic (exact) mass is 222 g/mol. The van der Waals surface area contributed by atoms with Crippen molar-refractivity contribution in [1.82, 2.24) is 0 Å². The zero-order valence-electron chi connectivity index (χ0n) is 9.15. The van der Waals surface area contributed by atoms with Crippen molar-refractivity contribution in [3.05, 3.63) is 35.4 Å². The second-order valence-corrected chi connectivity index (χ2v) is 5.45. The number of aliphatic hydroxyl groups excluding tert-OH is 1. The lowest BCUT2D eigenvalue weighted by Gasteiger charge is -2.22. The van der Waals surface area contributed by atoms with Crippen molar-refractivity contribution >= 4 is 11.8 Å². The van der Waals surface area contributed by atoms with E-state index < -0.39 is 0 Å². The number of hydrogen-bond acceptors (Lipinski definition) is 2. The van der Waals surface area contributed by atoms with Crippen molar-refractivity contribution in [3.8, 4) is 0 Å². The van der Waals surface area contributed by atoms with Crippen LogP contribution in [0, 0.1) is 0 Å². The molecule has 0 aromatic heterocycles. The lowest BCUT2D eigenvalue weighted by molar-refractivity contribution is 0.199. The van der Waals surface area contributed by atoms with E-state index >= 15 is 0 Å². The summed E-state index contributed by atoms with van der Waals surface area (Å²) in [6.07, 6.45) is 2.26. The van der Waals surface area contributed by atoms with Gasteiger partial charge in [0.05, 0.1) is 6.10 Å². The van der Waals surface area contributed by atoms with Crippen LogP contribution in [0.2, 0.25) is 0 Å². The highest BCUT2D eigenvalue weighted by atomic mass is 32.2. The molecule has 0 spiro atoms. The van der Waals surface area contributed by atoms with Gasteiger partial charge in [-0.25, -0.2) is 0 Å². The van der Waals surface area contributed by atoms with Crippen LogP contribution in [0.25, 0.3) is 0 Å². The highest BCUT2D eigenvalue weighted by Crippen LogP contribution is 2.31. The van der Waals surface area contributed by atoms with Gasteiger partial charge in [-0.05, 0) is 48.3 Å². The van der Waals surface area contributed by atoms with Gasteiger partial charge in [0.2, 0.25) is 0 Å². The average molecular weight is 222 g/mol. The van der Waals surface area contributed by atoms with Gasteiger partial charge < -0.3 is 5.11 Å². The fourth-order valence-electron chi connectivity index (χ4n) is 2.08. The minimum atomic E-state index is -0.346. The Bertz CT molecular complexity index is 299. The summed E-state index contributed by atoms with van der Waals surface area (Å²) in [5.41, 5.74) is 2.46. The second-order valence-electron chi connectivity index (χ2n) is 4.23. The Morgan fingerprint density at radius 3 is 2.33 bits per heavy atom. The molecule has 1 heterocycles. The van der Waals surface area contributed by atoms with E-state index in [1.807, 2.05) is 6.92 Å². The lowest BCUT2D eigenvalue weighted by Crippen LogP contribution is -2.07. The zero-order valence-corrected chi connectivity index (χ0v) is 9.96. The molecule has 2 rings (SSSR count). The van der Waals surface area contributed by atoms with Crippen molar-refractivity contribution < 1.29 is 5.11 Å². The number of aliphatic hydroxyl groups is 1. The normalized spacial score (nSPS) is 20.1. The Morgan fingerprint density at radius 1 is 1.20 bits per heavy atom. The largest absolute Gasteiger partial charge is 0.389 e. The van der Waals surface area contributed by atoms with E-state index in [4.69, 9.17) is 0 Å². The zero-order chi connectivity index (χ0) is 10.7. The summed E-state index contributed by atoms with van der Waals surface area (Å²) in [4.78, 5) is 0. The molecular formula is C13H18OS. The van der Waals surface area contributed by atoms with Crippen LogP contribution in [-0.4, -0.2) is 16.6 Å². The first kappa shape index (κ1) is 11.0. The summed E-state index contributed by atoms with van der Waals surface area (Å²) in [6.45, 7) is 1.81. The smallest absolute Gasteiger partial charge is 0.0761 e. The van der Waals surface area contributed by atoms with Gasteiger partial charge in [-0.2, -0.15) is 11.8 Å². The summed E-state index contributed by atoms with van der Waals surface area (Å²) in [5.74, 6) is 3.33. The molecule has 2 heteroatoms. The third-order valence-corrected chi connectivity index (χ3v) is 4.16. The third kappa shape index (κ3) is 2.76. The Kier molecular flexibility index (Phi) is 3.71. The van der Waals surface area contributed by atoms with Crippen LogP contribution >= 0.6 is 11.8 Å². The maximum absolute atomic E-state index is 9.42. The molecule has 1 atom stereocenters. The molecule has 82 valence electrons. The first-order chi connectivity index (χ1) is 7.27. The van der Waals surface area contributed by atoms with Gasteiger partial charge in [0.15, 0.2) is 0 Å². The first-order valence-electron chi connectivity index (χ1n) is 5.63. The van der Waals surface area contributed by atoms with Crippen molar-refractivity contribution in [2.45, 2.75) is 31.8 Å². The van der Waals surface area contributed by atoms with Crippen molar-refractivity contribution in [3.63, 3.8) is 0 Å². The predicted molar refractivity (Wildman–Crippen MR) is 66.4 cm³/mol. The molecule has 1 aliphatic rings. The van der Waals surface area contributed by atoms with Crippen LogP contribution in [0.3, 0.4) is 0 Å². The Hall–Kier alpha value is -0.470. The van der Waals surface area contributed by atoms with Crippen LogP contribution in [0.15, 0.2) is 24.3 Å². The molecule has 1 saturated heterocycles. The van der Waals surface area contributed by atoms with E-state index in [1.54, 1.807) is 0 Å². The molecule has 1 fully saturated rings. The topological polar surface area (TPSA) is 20.2 Å².